The molecule has 1 saturated heterocycles. The Hall–Kier alpha value is -2.60. The normalized spacial score (nSPS) is 18.7. The molecule has 11 heteroatoms. The van der Waals surface area contributed by atoms with Crippen LogP contribution in [0.3, 0.4) is 0 Å². The molecule has 200 valence electrons. The number of carbonyl (C=O) groups excluding carboxylic acids is 2. The lowest BCUT2D eigenvalue weighted by Crippen LogP contribution is -2.61. The summed E-state index contributed by atoms with van der Waals surface area (Å²) in [6.45, 7) is 9.55. The first-order valence-electron chi connectivity index (χ1n) is 12.2. The van der Waals surface area contributed by atoms with Crippen molar-refractivity contribution in [3.8, 4) is 0 Å². The van der Waals surface area contributed by atoms with Gasteiger partial charge in [0.1, 0.15) is 17.2 Å². The van der Waals surface area contributed by atoms with Crippen LogP contribution in [0.2, 0.25) is 0 Å². The first-order valence-corrected chi connectivity index (χ1v) is 14.6. The Morgan fingerprint density at radius 3 is 2.57 bits per heavy atom. The van der Waals surface area contributed by atoms with Gasteiger partial charge in [-0.25, -0.2) is 13.9 Å². The van der Waals surface area contributed by atoms with Gasteiger partial charge in [-0.2, -0.15) is 16.1 Å². The number of amides is 2. The molecule has 37 heavy (non-hydrogen) atoms. The average Bonchev–Trinajstić information content (AvgIpc) is 3.19. The highest BCUT2D eigenvalue weighted by atomic mass is 32.2. The van der Waals surface area contributed by atoms with Gasteiger partial charge in [-0.1, -0.05) is 27.2 Å². The molecule has 1 aliphatic heterocycles. The van der Waals surface area contributed by atoms with Gasteiger partial charge in [0.15, 0.2) is 0 Å². The monoisotopic (exact) mass is 547 g/mol. The van der Waals surface area contributed by atoms with Crippen molar-refractivity contribution >= 4 is 61.2 Å². The maximum Gasteiger partial charge on any atom is 0.263 e. The average molecular weight is 548 g/mol. The van der Waals surface area contributed by atoms with Crippen LogP contribution in [0.1, 0.15) is 47.5 Å². The molecule has 1 fully saturated rings. The highest BCUT2D eigenvalue weighted by Gasteiger charge is 2.48. The van der Waals surface area contributed by atoms with E-state index in [1.54, 1.807) is 49.7 Å². The second kappa shape index (κ2) is 9.94. The number of carbonyl (C=O) groups is 2. The molecule has 1 aliphatic rings. The van der Waals surface area contributed by atoms with E-state index in [9.17, 15) is 23.2 Å². The molecule has 0 saturated carbocycles. The van der Waals surface area contributed by atoms with Crippen LogP contribution < -0.4 is 10.8 Å². The van der Waals surface area contributed by atoms with Crippen LogP contribution in [-0.2, 0) is 19.6 Å². The maximum absolute atomic E-state index is 13.7. The van der Waals surface area contributed by atoms with Crippen LogP contribution in [0.4, 0.5) is 5.69 Å². The Morgan fingerprint density at radius 1 is 1.16 bits per heavy atom. The second-order valence-electron chi connectivity index (χ2n) is 10.5. The molecule has 0 radical (unpaired) electrons. The quantitative estimate of drug-likeness (QED) is 0.288. The van der Waals surface area contributed by atoms with Crippen LogP contribution in [0.5, 0.6) is 0 Å². The Morgan fingerprint density at radius 2 is 1.89 bits per heavy atom. The van der Waals surface area contributed by atoms with E-state index < -0.39 is 32.1 Å². The molecule has 4 rings (SSSR count). The van der Waals surface area contributed by atoms with Crippen molar-refractivity contribution in [3.63, 3.8) is 0 Å². The van der Waals surface area contributed by atoms with Gasteiger partial charge in [-0.15, -0.1) is 0 Å². The molecule has 1 aromatic heterocycles. The predicted molar refractivity (Wildman–Crippen MR) is 145 cm³/mol. The first-order chi connectivity index (χ1) is 17.3. The molecule has 2 heterocycles. The molecule has 3 N–H and O–H groups in total. The van der Waals surface area contributed by atoms with Crippen molar-refractivity contribution in [1.29, 1.82) is 0 Å². The number of nitrogens with zero attached hydrogens (tertiary/aromatic N) is 1. The summed E-state index contributed by atoms with van der Waals surface area (Å²) in [6.07, 6.45) is 1.66. The largest absolute Gasteiger partial charge is 0.456 e. The number of nitrogens with one attached hydrogen (secondary N) is 2. The number of thioether (sulfide) groups is 1. The number of sulfonamides is 1. The number of hydroxylamine groups is 1. The van der Waals surface area contributed by atoms with E-state index in [0.29, 0.717) is 33.4 Å². The molecule has 2 aromatic carbocycles. The van der Waals surface area contributed by atoms with E-state index in [0.717, 1.165) is 17.1 Å². The summed E-state index contributed by atoms with van der Waals surface area (Å²) in [6, 6.07) is 8.81. The van der Waals surface area contributed by atoms with E-state index >= 15 is 0 Å². The summed E-state index contributed by atoms with van der Waals surface area (Å²) in [7, 11) is -4.07. The van der Waals surface area contributed by atoms with Gasteiger partial charge >= 0.3 is 0 Å². The van der Waals surface area contributed by atoms with Gasteiger partial charge in [0.25, 0.3) is 5.91 Å². The fourth-order valence-electron chi connectivity index (χ4n) is 4.89. The van der Waals surface area contributed by atoms with Gasteiger partial charge in [0, 0.05) is 45.0 Å². The third kappa shape index (κ3) is 5.09. The molecular weight excluding hydrogens is 514 g/mol. The SMILES string of the molecule is CCCC(C)(C)C(=O)Nc1ccc2c(c1)oc1ccc(S(=O)(=O)N3CCSC(C)(C)C3C(=O)NO)cc12. The molecule has 0 bridgehead atoms. The molecule has 2 amide bonds. The highest BCUT2D eigenvalue weighted by molar-refractivity contribution is 8.01. The lowest BCUT2D eigenvalue weighted by atomic mass is 9.87. The summed E-state index contributed by atoms with van der Waals surface area (Å²) in [5.41, 5.74) is 2.74. The van der Waals surface area contributed by atoms with Gasteiger partial charge in [-0.05, 0) is 50.6 Å². The number of furan rings is 1. The summed E-state index contributed by atoms with van der Waals surface area (Å²) >= 11 is 1.48. The van der Waals surface area contributed by atoms with Crippen LogP contribution in [-0.4, -0.2) is 52.8 Å². The second-order valence-corrected chi connectivity index (χ2v) is 14.1. The van der Waals surface area contributed by atoms with Crippen LogP contribution in [0.15, 0.2) is 45.7 Å². The summed E-state index contributed by atoms with van der Waals surface area (Å²) in [4.78, 5) is 25.2. The molecule has 9 nitrogen and oxygen atoms in total. The Kier molecular flexibility index (Phi) is 7.37. The minimum absolute atomic E-state index is 0.0276. The molecule has 0 aliphatic carbocycles. The first kappa shape index (κ1) is 27.4. The number of hydrogen-bond donors (Lipinski definition) is 3. The van der Waals surface area contributed by atoms with Crippen LogP contribution >= 0.6 is 11.8 Å². The number of hydrogen-bond acceptors (Lipinski definition) is 7. The standard InChI is InChI=1S/C26H33N3O6S2/c1-6-11-25(2,3)24(31)27-16-7-9-18-19-15-17(8-10-20(19)35-21(18)14-16)37(33,34)29-12-13-36-26(4,5)22(29)23(30)28-32/h7-10,14-15,22,32H,6,11-13H2,1-5H3,(H,27,31)(H,28,30). The lowest BCUT2D eigenvalue weighted by molar-refractivity contribution is -0.134. The Labute approximate surface area is 221 Å². The summed E-state index contributed by atoms with van der Waals surface area (Å²) in [5, 5.41) is 13.5. The van der Waals surface area contributed by atoms with Gasteiger partial charge in [-0.3, -0.25) is 14.8 Å². The van der Waals surface area contributed by atoms with Crippen molar-refractivity contribution in [3.05, 3.63) is 36.4 Å². The molecular formula is C26H33N3O6S2. The topological polar surface area (TPSA) is 129 Å². The zero-order valence-electron chi connectivity index (χ0n) is 21.6. The van der Waals surface area contributed by atoms with E-state index in [-0.39, 0.29) is 17.3 Å². The fourth-order valence-corrected chi connectivity index (χ4v) is 8.02. The number of rotatable bonds is 7. The van der Waals surface area contributed by atoms with E-state index in [1.165, 1.54) is 17.8 Å². The summed E-state index contributed by atoms with van der Waals surface area (Å²) in [5.74, 6) is -0.336. The molecule has 0 spiro atoms. The predicted octanol–water partition coefficient (Wildman–Crippen LogP) is 4.74. The third-order valence-corrected chi connectivity index (χ3v) is 10.1. The third-order valence-electron chi connectivity index (χ3n) is 6.89. The van der Waals surface area contributed by atoms with E-state index in [1.807, 2.05) is 20.8 Å². The number of fused-ring (bicyclic) bond motifs is 3. The van der Waals surface area contributed by atoms with Crippen LogP contribution in [0.25, 0.3) is 21.9 Å². The van der Waals surface area contributed by atoms with Crippen molar-refractivity contribution in [1.82, 2.24) is 9.79 Å². The van der Waals surface area contributed by atoms with Gasteiger partial charge in [0.2, 0.25) is 15.9 Å². The Bertz CT molecular complexity index is 1460. The highest BCUT2D eigenvalue weighted by Crippen LogP contribution is 2.39. The smallest absolute Gasteiger partial charge is 0.263 e. The van der Waals surface area contributed by atoms with E-state index in [4.69, 9.17) is 4.42 Å². The van der Waals surface area contributed by atoms with Crippen molar-refractivity contribution in [2.24, 2.45) is 5.41 Å². The molecule has 1 atom stereocenters. The van der Waals surface area contributed by atoms with E-state index in [2.05, 4.69) is 5.32 Å². The molecule has 1 unspecified atom stereocenters. The van der Waals surface area contributed by atoms with Gasteiger partial charge < -0.3 is 9.73 Å². The lowest BCUT2D eigenvalue weighted by Gasteiger charge is -2.43. The zero-order valence-corrected chi connectivity index (χ0v) is 23.3. The van der Waals surface area contributed by atoms with Crippen molar-refractivity contribution < 1.29 is 27.6 Å². The number of anilines is 1. The van der Waals surface area contributed by atoms with Crippen molar-refractivity contribution in [2.75, 3.05) is 17.6 Å². The van der Waals surface area contributed by atoms with Gasteiger partial charge in [0.05, 0.1) is 4.90 Å². The molecule has 3 aromatic rings. The zero-order chi connectivity index (χ0) is 27.2. The maximum atomic E-state index is 13.7. The fraction of sp³-hybridized carbons (Fsp3) is 0.462. The summed E-state index contributed by atoms with van der Waals surface area (Å²) < 4.78 is 33.8. The van der Waals surface area contributed by atoms with Crippen molar-refractivity contribution in [2.45, 2.75) is 63.1 Å². The minimum atomic E-state index is -4.07. The number of benzene rings is 2. The minimum Gasteiger partial charge on any atom is -0.456 e. The Balaban J connectivity index is 1.71. The van der Waals surface area contributed by atoms with Crippen LogP contribution in [0, 0.1) is 5.41 Å².